The Morgan fingerprint density at radius 2 is 2.11 bits per heavy atom. The third kappa shape index (κ3) is 3.43. The van der Waals surface area contributed by atoms with Gasteiger partial charge in [-0.15, -0.1) is 0 Å². The lowest BCUT2D eigenvalue weighted by Crippen LogP contribution is -2.62. The van der Waals surface area contributed by atoms with E-state index in [0.717, 1.165) is 6.08 Å². The van der Waals surface area contributed by atoms with Crippen molar-refractivity contribution in [3.05, 3.63) is 57.5 Å². The standard InChI is InChI=1S/C24H24ClF2N5O3S/c1-30(2)23(34)35-10-18(11-3-6-16(25)14(7-11)20(28)36)31-21(33)24(12-4-5-12)15-8-13(26)9-17(27)19(15)32(24)22(31)29/h3,6-7,9,12-13,18,29H,4-5,8,10H2,1-2H3,(H2,28,36)/t13?,18-,24-/m1/s1. The average molecular weight is 536 g/mol. The molecule has 0 aromatic heterocycles. The molecule has 1 saturated heterocycles. The number of hydrogen-bond acceptors (Lipinski definition) is 5. The summed E-state index contributed by atoms with van der Waals surface area (Å²) >= 11 is 11.3. The Morgan fingerprint density at radius 1 is 1.42 bits per heavy atom. The van der Waals surface area contributed by atoms with Crippen LogP contribution in [0.25, 0.3) is 0 Å². The molecule has 1 aromatic rings. The topological polar surface area (TPSA) is 103 Å². The first-order valence-corrected chi connectivity index (χ1v) is 12.2. The van der Waals surface area contributed by atoms with Crippen LogP contribution in [0.15, 0.2) is 41.4 Å². The van der Waals surface area contributed by atoms with E-state index in [2.05, 4.69) is 0 Å². The number of amides is 2. The summed E-state index contributed by atoms with van der Waals surface area (Å²) in [6, 6.07) is 3.81. The van der Waals surface area contributed by atoms with Gasteiger partial charge in [0.05, 0.1) is 16.8 Å². The average Bonchev–Trinajstić information content (AvgIpc) is 3.61. The van der Waals surface area contributed by atoms with Gasteiger partial charge in [-0.05, 0) is 48.1 Å². The van der Waals surface area contributed by atoms with Crippen molar-refractivity contribution in [2.24, 2.45) is 11.7 Å². The minimum Gasteiger partial charge on any atom is -0.447 e. The molecule has 1 aromatic carbocycles. The van der Waals surface area contributed by atoms with E-state index < -0.39 is 35.6 Å². The zero-order valence-corrected chi connectivity index (χ0v) is 21.1. The number of rotatable bonds is 6. The van der Waals surface area contributed by atoms with Crippen molar-refractivity contribution in [2.75, 3.05) is 20.7 Å². The van der Waals surface area contributed by atoms with Crippen molar-refractivity contribution in [2.45, 2.75) is 37.0 Å². The zero-order valence-electron chi connectivity index (χ0n) is 19.6. The predicted octanol–water partition coefficient (Wildman–Crippen LogP) is 3.80. The Kier molecular flexibility index (Phi) is 5.83. The van der Waals surface area contributed by atoms with Gasteiger partial charge in [0, 0.05) is 26.1 Å². The minimum atomic E-state index is -1.54. The lowest BCUT2D eigenvalue weighted by Gasteiger charge is -2.50. The van der Waals surface area contributed by atoms with Crippen LogP contribution < -0.4 is 5.73 Å². The molecule has 3 N–H and O–H groups in total. The molecular formula is C24H24ClF2N5O3S. The van der Waals surface area contributed by atoms with Crippen molar-refractivity contribution in [3.63, 3.8) is 0 Å². The first-order chi connectivity index (χ1) is 17.0. The molecule has 12 heteroatoms. The smallest absolute Gasteiger partial charge is 0.409 e. The highest BCUT2D eigenvalue weighted by Crippen LogP contribution is 2.63. The lowest BCUT2D eigenvalue weighted by atomic mass is 9.70. The summed E-state index contributed by atoms with van der Waals surface area (Å²) in [6.45, 7) is -0.299. The third-order valence-corrected chi connectivity index (χ3v) is 7.66. The number of alkyl halides is 1. The summed E-state index contributed by atoms with van der Waals surface area (Å²) in [5.74, 6) is -1.66. The van der Waals surface area contributed by atoms with Crippen LogP contribution in [0, 0.1) is 11.3 Å². The number of thiocarbonyl (C=S) groups is 1. The first-order valence-electron chi connectivity index (χ1n) is 11.4. The Morgan fingerprint density at radius 3 is 2.72 bits per heavy atom. The van der Waals surface area contributed by atoms with E-state index >= 15 is 0 Å². The number of carbonyl (C=O) groups excluding carboxylic acids is 2. The molecule has 8 nitrogen and oxygen atoms in total. The normalized spacial score (nSPS) is 25.7. The van der Waals surface area contributed by atoms with E-state index in [9.17, 15) is 18.4 Å². The van der Waals surface area contributed by atoms with Crippen molar-refractivity contribution in [1.29, 1.82) is 5.41 Å². The summed E-state index contributed by atoms with van der Waals surface area (Å²) in [7, 11) is 3.03. The van der Waals surface area contributed by atoms with Crippen molar-refractivity contribution in [1.82, 2.24) is 14.7 Å². The molecular weight excluding hydrogens is 512 g/mol. The Labute approximate surface area is 216 Å². The zero-order chi connectivity index (χ0) is 26.1. The van der Waals surface area contributed by atoms with Crippen LogP contribution in [0.2, 0.25) is 5.02 Å². The van der Waals surface area contributed by atoms with Gasteiger partial charge in [0.1, 0.15) is 23.6 Å². The summed E-state index contributed by atoms with van der Waals surface area (Å²) < 4.78 is 34.7. The second-order valence-electron chi connectivity index (χ2n) is 9.53. The summed E-state index contributed by atoms with van der Waals surface area (Å²) in [5, 5.41) is 9.25. The van der Waals surface area contributed by atoms with Crippen LogP contribution in [0.1, 0.15) is 36.4 Å². The number of nitrogens with one attached hydrogen (secondary N) is 1. The van der Waals surface area contributed by atoms with E-state index in [4.69, 9.17) is 39.7 Å². The fourth-order valence-electron chi connectivity index (χ4n) is 5.39. The quantitative estimate of drug-likeness (QED) is 0.537. The highest BCUT2D eigenvalue weighted by atomic mass is 35.5. The lowest BCUT2D eigenvalue weighted by molar-refractivity contribution is -0.135. The molecule has 4 aliphatic rings. The maximum atomic E-state index is 14.9. The number of fused-ring (bicyclic) bond motifs is 3. The molecule has 1 saturated carbocycles. The Bertz CT molecular complexity index is 1280. The number of hydrogen-bond donors (Lipinski definition) is 2. The molecule has 2 fully saturated rings. The predicted molar refractivity (Wildman–Crippen MR) is 133 cm³/mol. The minimum absolute atomic E-state index is 0.0327. The number of ether oxygens (including phenoxy) is 1. The number of nitrogens with zero attached hydrogens (tertiary/aromatic N) is 3. The largest absolute Gasteiger partial charge is 0.447 e. The Balaban J connectivity index is 1.59. The molecule has 2 heterocycles. The van der Waals surface area contributed by atoms with Crippen molar-refractivity contribution >= 4 is 46.8 Å². The highest BCUT2D eigenvalue weighted by molar-refractivity contribution is 7.80. The molecule has 0 spiro atoms. The van der Waals surface area contributed by atoms with E-state index in [1.807, 2.05) is 0 Å². The second kappa shape index (κ2) is 8.52. The van der Waals surface area contributed by atoms with Gasteiger partial charge in [0.15, 0.2) is 5.54 Å². The van der Waals surface area contributed by atoms with Gasteiger partial charge in [0.25, 0.3) is 5.91 Å². The second-order valence-corrected chi connectivity index (χ2v) is 10.4. The summed E-state index contributed by atoms with van der Waals surface area (Å²) in [5.41, 5.74) is 5.82. The molecule has 2 aliphatic heterocycles. The van der Waals surface area contributed by atoms with Crippen LogP contribution >= 0.6 is 23.8 Å². The monoisotopic (exact) mass is 535 g/mol. The maximum Gasteiger partial charge on any atom is 0.409 e. The molecule has 3 atom stereocenters. The fourth-order valence-corrected chi connectivity index (χ4v) is 5.83. The fraction of sp³-hybridized carbons (Fsp3) is 0.417. The molecule has 2 aliphatic carbocycles. The molecule has 0 bridgehead atoms. The van der Waals surface area contributed by atoms with Gasteiger partial charge in [-0.1, -0.05) is 29.9 Å². The van der Waals surface area contributed by atoms with Gasteiger partial charge in [-0.2, -0.15) is 0 Å². The number of carbonyl (C=O) groups is 2. The van der Waals surface area contributed by atoms with Crippen LogP contribution in [-0.4, -0.2) is 70.1 Å². The van der Waals surface area contributed by atoms with E-state index in [1.54, 1.807) is 18.2 Å². The van der Waals surface area contributed by atoms with Crippen LogP contribution in [-0.2, 0) is 9.53 Å². The highest BCUT2D eigenvalue weighted by Gasteiger charge is 2.73. The van der Waals surface area contributed by atoms with Gasteiger partial charge in [-0.3, -0.25) is 20.0 Å². The molecule has 5 rings (SSSR count). The summed E-state index contributed by atoms with van der Waals surface area (Å²) in [6.07, 6.45) is -0.00708. The molecule has 1 unspecified atom stereocenters. The maximum absolute atomic E-state index is 14.9. The molecule has 2 amide bonds. The number of guanidine groups is 1. The molecule has 36 heavy (non-hydrogen) atoms. The van der Waals surface area contributed by atoms with Crippen molar-refractivity contribution in [3.8, 4) is 0 Å². The van der Waals surface area contributed by atoms with Crippen LogP contribution in [0.4, 0.5) is 13.6 Å². The molecule has 0 radical (unpaired) electrons. The van der Waals surface area contributed by atoms with Crippen molar-refractivity contribution < 1.29 is 23.1 Å². The summed E-state index contributed by atoms with van der Waals surface area (Å²) in [4.78, 5) is 30.3. The third-order valence-electron chi connectivity index (χ3n) is 7.11. The van der Waals surface area contributed by atoms with E-state index in [-0.39, 0.29) is 35.6 Å². The number of nitrogens with two attached hydrogens (primary N) is 1. The van der Waals surface area contributed by atoms with E-state index in [1.165, 1.54) is 28.8 Å². The van der Waals surface area contributed by atoms with Crippen LogP contribution in [0.5, 0.6) is 0 Å². The Hall–Kier alpha value is -3.05. The number of halogens is 3. The number of allylic oxidation sites excluding steroid dienone is 2. The molecule has 190 valence electrons. The van der Waals surface area contributed by atoms with Crippen LogP contribution in [0.3, 0.4) is 0 Å². The van der Waals surface area contributed by atoms with E-state index in [0.29, 0.717) is 34.6 Å². The van der Waals surface area contributed by atoms with Gasteiger partial charge < -0.3 is 15.4 Å². The number of benzene rings is 1. The van der Waals surface area contributed by atoms with Gasteiger partial charge in [0.2, 0.25) is 5.96 Å². The first kappa shape index (κ1) is 24.6. The SMILES string of the molecule is CN(C)C(=O)OC[C@H](c1ccc(Cl)c(C(N)=S)c1)N1C(=N)N2C3=C(CC(F)C=C3F)[C@]2(C2CC2)C1=O. The van der Waals surface area contributed by atoms with Gasteiger partial charge >= 0.3 is 6.09 Å². The van der Waals surface area contributed by atoms with Gasteiger partial charge in [-0.25, -0.2) is 13.6 Å².